The molecule has 0 spiro atoms. The highest BCUT2D eigenvalue weighted by Gasteiger charge is 2.31. The minimum Gasteiger partial charge on any atom is -0.393 e. The number of aliphatic hydroxyl groups excluding tert-OH is 1. The first kappa shape index (κ1) is 22.0. The van der Waals surface area contributed by atoms with E-state index in [2.05, 4.69) is 79.7 Å². The summed E-state index contributed by atoms with van der Waals surface area (Å²) in [6.07, 6.45) is 7.21. The van der Waals surface area contributed by atoms with Crippen LogP contribution in [0.5, 0.6) is 0 Å². The summed E-state index contributed by atoms with van der Waals surface area (Å²) in [7, 11) is 0. The minimum atomic E-state index is -0.258. The first-order valence-electron chi connectivity index (χ1n) is 10.1. The van der Waals surface area contributed by atoms with Crippen molar-refractivity contribution in [1.82, 2.24) is 0 Å². The average molecular weight is 345 g/mol. The maximum atomic E-state index is 10.3. The second-order valence-electron chi connectivity index (χ2n) is 8.52. The number of aliphatic hydroxyl groups is 1. The van der Waals surface area contributed by atoms with Crippen molar-refractivity contribution in [2.45, 2.75) is 99.0 Å². The van der Waals surface area contributed by atoms with E-state index in [0.29, 0.717) is 0 Å². The van der Waals surface area contributed by atoms with Crippen LogP contribution in [-0.2, 0) is 11.8 Å². The van der Waals surface area contributed by atoms with E-state index in [-0.39, 0.29) is 16.9 Å². The molecule has 1 aromatic rings. The molecule has 0 saturated heterocycles. The number of hydrogen-bond donors (Lipinski definition) is 1. The smallest absolute Gasteiger partial charge is 0.0591 e. The number of hydrogen-bond acceptors (Lipinski definition) is 1. The molecule has 0 heterocycles. The van der Waals surface area contributed by atoms with Crippen LogP contribution in [0.3, 0.4) is 0 Å². The van der Waals surface area contributed by atoms with E-state index < -0.39 is 0 Å². The summed E-state index contributed by atoms with van der Waals surface area (Å²) in [5.74, 6) is 0. The number of rotatable bonds is 8. The highest BCUT2D eigenvalue weighted by Crippen LogP contribution is 2.41. The van der Waals surface area contributed by atoms with Crippen molar-refractivity contribution in [3.8, 4) is 0 Å². The summed E-state index contributed by atoms with van der Waals surface area (Å²) in [6.45, 7) is 17.6. The summed E-state index contributed by atoms with van der Waals surface area (Å²) < 4.78 is 0. The summed E-state index contributed by atoms with van der Waals surface area (Å²) in [4.78, 5) is 0. The lowest BCUT2D eigenvalue weighted by atomic mass is 9.68. The maximum absolute atomic E-state index is 10.3. The van der Waals surface area contributed by atoms with Gasteiger partial charge in [-0.1, -0.05) is 71.4 Å². The Morgan fingerprint density at radius 1 is 1.12 bits per heavy atom. The third-order valence-corrected chi connectivity index (χ3v) is 6.13. The Kier molecular flexibility index (Phi) is 7.93. The molecule has 0 fully saturated rings. The van der Waals surface area contributed by atoms with Gasteiger partial charge in [-0.15, -0.1) is 0 Å². The molecule has 0 amide bonds. The Bertz CT molecular complexity index is 570. The summed E-state index contributed by atoms with van der Waals surface area (Å²) in [5.41, 5.74) is 5.84. The standard InChI is InChI=1S/C24H40O/c1-9-20(10-2)24(11-3,12-4)21-15-13-19(18(5)17-21)14-16-22(25)23(6,7)8/h9,13,15,17,22,25H,10-12,14,16H2,1-8H3/b20-9+. The molecule has 1 unspecified atom stereocenters. The summed E-state index contributed by atoms with van der Waals surface area (Å²) >= 11 is 0. The van der Waals surface area contributed by atoms with Gasteiger partial charge in [0.2, 0.25) is 0 Å². The van der Waals surface area contributed by atoms with Crippen LogP contribution in [0.1, 0.15) is 90.8 Å². The van der Waals surface area contributed by atoms with Gasteiger partial charge in [-0.25, -0.2) is 0 Å². The largest absolute Gasteiger partial charge is 0.393 e. The van der Waals surface area contributed by atoms with E-state index in [4.69, 9.17) is 0 Å². The molecule has 1 N–H and O–H groups in total. The predicted octanol–water partition coefficient (Wildman–Crippen LogP) is 6.75. The molecule has 0 aliphatic rings. The van der Waals surface area contributed by atoms with Gasteiger partial charge in [-0.2, -0.15) is 0 Å². The van der Waals surface area contributed by atoms with Gasteiger partial charge in [0.1, 0.15) is 0 Å². The number of allylic oxidation sites excluding steroid dienone is 2. The average Bonchev–Trinajstić information content (AvgIpc) is 2.57. The first-order valence-corrected chi connectivity index (χ1v) is 10.1. The SMILES string of the molecule is C/C=C(\CC)C(CC)(CC)c1ccc(CCC(O)C(C)(C)C)c(C)c1. The van der Waals surface area contributed by atoms with Crippen molar-refractivity contribution in [3.05, 3.63) is 46.5 Å². The van der Waals surface area contributed by atoms with E-state index in [9.17, 15) is 5.11 Å². The second-order valence-corrected chi connectivity index (χ2v) is 8.52. The van der Waals surface area contributed by atoms with Crippen LogP contribution >= 0.6 is 0 Å². The van der Waals surface area contributed by atoms with E-state index in [1.807, 2.05) is 0 Å². The Morgan fingerprint density at radius 3 is 2.12 bits per heavy atom. The molecule has 0 aliphatic heterocycles. The second kappa shape index (κ2) is 9.03. The predicted molar refractivity (Wildman–Crippen MR) is 111 cm³/mol. The van der Waals surface area contributed by atoms with Gasteiger partial charge in [-0.05, 0) is 68.1 Å². The highest BCUT2D eigenvalue weighted by atomic mass is 16.3. The fourth-order valence-corrected chi connectivity index (χ4v) is 4.12. The van der Waals surface area contributed by atoms with Gasteiger partial charge in [0, 0.05) is 5.41 Å². The Morgan fingerprint density at radius 2 is 1.72 bits per heavy atom. The monoisotopic (exact) mass is 344 g/mol. The first-order chi connectivity index (χ1) is 11.7. The lowest BCUT2D eigenvalue weighted by Gasteiger charge is -2.36. The quantitative estimate of drug-likeness (QED) is 0.517. The van der Waals surface area contributed by atoms with Gasteiger partial charge in [0.25, 0.3) is 0 Å². The van der Waals surface area contributed by atoms with Crippen molar-refractivity contribution >= 4 is 0 Å². The van der Waals surface area contributed by atoms with E-state index in [1.165, 1.54) is 16.7 Å². The minimum absolute atomic E-state index is 0.0463. The van der Waals surface area contributed by atoms with Crippen LogP contribution in [0.2, 0.25) is 0 Å². The molecule has 1 nitrogen and oxygen atoms in total. The summed E-state index contributed by atoms with van der Waals surface area (Å²) in [6, 6.07) is 7.02. The molecule has 0 bridgehead atoms. The zero-order valence-electron chi connectivity index (χ0n) is 17.9. The maximum Gasteiger partial charge on any atom is 0.0591 e. The fourth-order valence-electron chi connectivity index (χ4n) is 4.12. The van der Waals surface area contributed by atoms with Crippen LogP contribution < -0.4 is 0 Å². The molecule has 25 heavy (non-hydrogen) atoms. The van der Waals surface area contributed by atoms with Crippen LogP contribution in [0.4, 0.5) is 0 Å². The van der Waals surface area contributed by atoms with Crippen molar-refractivity contribution in [1.29, 1.82) is 0 Å². The molecule has 0 radical (unpaired) electrons. The molecular formula is C24H40O. The summed E-state index contributed by atoms with van der Waals surface area (Å²) in [5, 5.41) is 10.3. The number of benzene rings is 1. The fraction of sp³-hybridized carbons (Fsp3) is 0.667. The van der Waals surface area contributed by atoms with Crippen molar-refractivity contribution in [2.24, 2.45) is 5.41 Å². The molecule has 142 valence electrons. The molecule has 0 aromatic heterocycles. The number of aryl methyl sites for hydroxylation is 2. The normalized spacial score (nSPS) is 14.7. The van der Waals surface area contributed by atoms with Crippen molar-refractivity contribution in [2.75, 3.05) is 0 Å². The van der Waals surface area contributed by atoms with Crippen LogP contribution in [0.15, 0.2) is 29.8 Å². The topological polar surface area (TPSA) is 20.2 Å². The molecule has 0 aliphatic carbocycles. The van der Waals surface area contributed by atoms with Gasteiger partial charge in [0.05, 0.1) is 6.10 Å². The Balaban J connectivity index is 3.11. The van der Waals surface area contributed by atoms with E-state index in [1.54, 1.807) is 5.57 Å². The van der Waals surface area contributed by atoms with E-state index >= 15 is 0 Å². The van der Waals surface area contributed by atoms with Gasteiger partial charge >= 0.3 is 0 Å². The molecule has 1 atom stereocenters. The van der Waals surface area contributed by atoms with Gasteiger partial charge < -0.3 is 5.11 Å². The third kappa shape index (κ3) is 4.97. The Labute approximate surface area is 156 Å². The molecule has 1 rings (SSSR count). The zero-order valence-corrected chi connectivity index (χ0v) is 17.9. The van der Waals surface area contributed by atoms with E-state index in [0.717, 1.165) is 32.1 Å². The van der Waals surface area contributed by atoms with Crippen molar-refractivity contribution in [3.63, 3.8) is 0 Å². The van der Waals surface area contributed by atoms with Gasteiger partial charge in [0.15, 0.2) is 0 Å². The third-order valence-electron chi connectivity index (χ3n) is 6.13. The Hall–Kier alpha value is -1.08. The zero-order chi connectivity index (χ0) is 19.3. The van der Waals surface area contributed by atoms with Crippen molar-refractivity contribution < 1.29 is 5.11 Å². The highest BCUT2D eigenvalue weighted by molar-refractivity contribution is 5.41. The lowest BCUT2D eigenvalue weighted by molar-refractivity contribution is 0.0560. The molecule has 1 aromatic carbocycles. The van der Waals surface area contributed by atoms with Crippen LogP contribution in [0, 0.1) is 12.3 Å². The molecule has 1 heteroatoms. The lowest BCUT2D eigenvalue weighted by Crippen LogP contribution is -2.27. The molecule has 0 saturated carbocycles. The van der Waals surface area contributed by atoms with Crippen LogP contribution in [-0.4, -0.2) is 11.2 Å². The van der Waals surface area contributed by atoms with Gasteiger partial charge in [-0.3, -0.25) is 0 Å². The molecular weight excluding hydrogens is 304 g/mol. The van der Waals surface area contributed by atoms with Crippen LogP contribution in [0.25, 0.3) is 0 Å².